The number of hydrogen-bond donors (Lipinski definition) is 1. The zero-order valence-corrected chi connectivity index (χ0v) is 18.3. The van der Waals surface area contributed by atoms with E-state index in [0.29, 0.717) is 0 Å². The molecule has 4 aromatic carbocycles. The van der Waals surface area contributed by atoms with Crippen LogP contribution in [0.5, 0.6) is 0 Å². The number of rotatable bonds is 2. The summed E-state index contributed by atoms with van der Waals surface area (Å²) in [5.41, 5.74) is 14.9. The first-order chi connectivity index (χ1) is 15.9. The standard InChI is InChI=1S/C31H27N/c1-3-10-23-21(8-1)18-27-25(23)12-5-14-29(27)31(16-7-17-32-20-31)30-15-6-13-26-24-11-4-2-9-22(24)19-28(26)30/h1-6,8-15,32H,7,16-20H2. The van der Waals surface area contributed by atoms with E-state index in [1.54, 1.807) is 22.3 Å². The molecule has 1 N–H and O–H groups in total. The molecule has 0 spiro atoms. The molecule has 4 aromatic rings. The highest BCUT2D eigenvalue weighted by atomic mass is 14.9. The average Bonchev–Trinajstić information content (AvgIpc) is 3.43. The second-order valence-electron chi connectivity index (χ2n) is 9.69. The van der Waals surface area contributed by atoms with E-state index < -0.39 is 0 Å². The highest BCUT2D eigenvalue weighted by Gasteiger charge is 2.41. The summed E-state index contributed by atoms with van der Waals surface area (Å²) >= 11 is 0. The van der Waals surface area contributed by atoms with Crippen molar-refractivity contribution in [2.45, 2.75) is 31.1 Å². The highest BCUT2D eigenvalue weighted by molar-refractivity contribution is 5.81. The quantitative estimate of drug-likeness (QED) is 0.342. The molecular weight excluding hydrogens is 386 g/mol. The zero-order chi connectivity index (χ0) is 21.1. The van der Waals surface area contributed by atoms with Gasteiger partial charge in [-0.05, 0) is 87.9 Å². The zero-order valence-electron chi connectivity index (χ0n) is 18.3. The molecule has 0 aromatic heterocycles. The van der Waals surface area contributed by atoms with E-state index in [1.165, 1.54) is 46.2 Å². The summed E-state index contributed by atoms with van der Waals surface area (Å²) in [5, 5.41) is 3.80. The second-order valence-corrected chi connectivity index (χ2v) is 9.69. The molecular formula is C31H27N. The summed E-state index contributed by atoms with van der Waals surface area (Å²) in [6.45, 7) is 2.14. The van der Waals surface area contributed by atoms with Crippen molar-refractivity contribution >= 4 is 0 Å². The van der Waals surface area contributed by atoms with Crippen LogP contribution >= 0.6 is 0 Å². The van der Waals surface area contributed by atoms with E-state index in [0.717, 1.165) is 25.9 Å². The van der Waals surface area contributed by atoms with E-state index >= 15 is 0 Å². The molecule has 1 fully saturated rings. The van der Waals surface area contributed by atoms with Crippen LogP contribution in [0.4, 0.5) is 0 Å². The third-order valence-electron chi connectivity index (χ3n) is 8.12. The van der Waals surface area contributed by atoms with Crippen molar-refractivity contribution in [3.05, 3.63) is 118 Å². The fraction of sp³-hybridized carbons (Fsp3) is 0.226. The molecule has 0 atom stereocenters. The van der Waals surface area contributed by atoms with Gasteiger partial charge in [0.1, 0.15) is 0 Å². The minimum Gasteiger partial charge on any atom is -0.316 e. The van der Waals surface area contributed by atoms with Gasteiger partial charge in [-0.1, -0.05) is 84.9 Å². The van der Waals surface area contributed by atoms with Crippen LogP contribution in [0.1, 0.15) is 46.2 Å². The minimum atomic E-state index is 0.0268. The molecule has 2 aliphatic carbocycles. The van der Waals surface area contributed by atoms with Crippen LogP contribution in [0, 0.1) is 0 Å². The van der Waals surface area contributed by atoms with Crippen LogP contribution in [0.25, 0.3) is 22.3 Å². The molecule has 0 amide bonds. The Balaban J connectivity index is 1.46. The first-order valence-corrected chi connectivity index (χ1v) is 12.0. The van der Waals surface area contributed by atoms with Gasteiger partial charge in [0.15, 0.2) is 0 Å². The normalized spacial score (nSPS) is 17.4. The van der Waals surface area contributed by atoms with Gasteiger partial charge in [-0.3, -0.25) is 0 Å². The van der Waals surface area contributed by atoms with Crippen LogP contribution < -0.4 is 5.32 Å². The lowest BCUT2D eigenvalue weighted by atomic mass is 9.66. The van der Waals surface area contributed by atoms with Gasteiger partial charge < -0.3 is 5.32 Å². The predicted octanol–water partition coefficient (Wildman–Crippen LogP) is 6.50. The monoisotopic (exact) mass is 413 g/mol. The Hall–Kier alpha value is -3.16. The SMILES string of the molecule is c1ccc2c(c1)Cc1c-2cccc1C1(c2cccc3c2Cc2ccccc2-3)CCCNC1. The van der Waals surface area contributed by atoms with E-state index in [-0.39, 0.29) is 5.41 Å². The van der Waals surface area contributed by atoms with Crippen LogP contribution in [-0.2, 0) is 18.3 Å². The minimum absolute atomic E-state index is 0.0268. The smallest absolute Gasteiger partial charge is 0.0333 e. The molecule has 0 saturated carbocycles. The summed E-state index contributed by atoms with van der Waals surface area (Å²) in [5.74, 6) is 0. The van der Waals surface area contributed by atoms with Crippen LogP contribution in [-0.4, -0.2) is 13.1 Å². The lowest BCUT2D eigenvalue weighted by molar-refractivity contribution is 0.363. The Morgan fingerprint density at radius 3 is 1.62 bits per heavy atom. The molecule has 1 aliphatic heterocycles. The van der Waals surface area contributed by atoms with Crippen molar-refractivity contribution in [1.29, 1.82) is 0 Å². The Bertz CT molecular complexity index is 1260. The summed E-state index contributed by atoms with van der Waals surface area (Å²) in [4.78, 5) is 0. The molecule has 0 bridgehead atoms. The van der Waals surface area contributed by atoms with Crippen molar-refractivity contribution in [2.24, 2.45) is 0 Å². The molecule has 0 radical (unpaired) electrons. The maximum absolute atomic E-state index is 3.80. The van der Waals surface area contributed by atoms with E-state index in [9.17, 15) is 0 Å². The molecule has 7 rings (SSSR count). The highest BCUT2D eigenvalue weighted by Crippen LogP contribution is 2.50. The molecule has 1 heterocycles. The molecule has 156 valence electrons. The summed E-state index contributed by atoms with van der Waals surface area (Å²) in [6, 6.07) is 32.1. The second kappa shape index (κ2) is 6.92. The van der Waals surface area contributed by atoms with Gasteiger partial charge in [-0.15, -0.1) is 0 Å². The lowest BCUT2D eigenvalue weighted by Gasteiger charge is -2.41. The summed E-state index contributed by atoms with van der Waals surface area (Å²) in [6.07, 6.45) is 4.53. The molecule has 32 heavy (non-hydrogen) atoms. The number of hydrogen-bond acceptors (Lipinski definition) is 1. The van der Waals surface area contributed by atoms with Gasteiger partial charge in [0.25, 0.3) is 0 Å². The van der Waals surface area contributed by atoms with Gasteiger partial charge in [0.2, 0.25) is 0 Å². The Morgan fingerprint density at radius 1 is 0.562 bits per heavy atom. The first-order valence-electron chi connectivity index (χ1n) is 12.0. The lowest BCUT2D eigenvalue weighted by Crippen LogP contribution is -2.45. The number of piperidine rings is 1. The third kappa shape index (κ3) is 2.49. The van der Waals surface area contributed by atoms with Crippen molar-refractivity contribution in [1.82, 2.24) is 5.32 Å². The number of benzene rings is 4. The number of nitrogens with one attached hydrogen (secondary N) is 1. The van der Waals surface area contributed by atoms with Crippen molar-refractivity contribution in [3.8, 4) is 22.3 Å². The van der Waals surface area contributed by atoms with Gasteiger partial charge in [0.05, 0.1) is 0 Å². The maximum Gasteiger partial charge on any atom is 0.0333 e. The van der Waals surface area contributed by atoms with Gasteiger partial charge in [-0.25, -0.2) is 0 Å². The van der Waals surface area contributed by atoms with E-state index in [1.807, 2.05) is 0 Å². The number of fused-ring (bicyclic) bond motifs is 6. The third-order valence-corrected chi connectivity index (χ3v) is 8.12. The van der Waals surface area contributed by atoms with Crippen molar-refractivity contribution < 1.29 is 0 Å². The molecule has 1 nitrogen and oxygen atoms in total. The van der Waals surface area contributed by atoms with E-state index in [2.05, 4.69) is 90.2 Å². The van der Waals surface area contributed by atoms with Gasteiger partial charge >= 0.3 is 0 Å². The topological polar surface area (TPSA) is 12.0 Å². The average molecular weight is 414 g/mol. The first kappa shape index (κ1) is 18.4. The molecule has 1 saturated heterocycles. The van der Waals surface area contributed by atoms with Crippen LogP contribution in [0.15, 0.2) is 84.9 Å². The van der Waals surface area contributed by atoms with Crippen LogP contribution in [0.3, 0.4) is 0 Å². The van der Waals surface area contributed by atoms with Crippen molar-refractivity contribution in [3.63, 3.8) is 0 Å². The summed E-state index contributed by atoms with van der Waals surface area (Å²) in [7, 11) is 0. The Morgan fingerprint density at radius 2 is 1.09 bits per heavy atom. The van der Waals surface area contributed by atoms with Gasteiger partial charge in [0, 0.05) is 12.0 Å². The molecule has 0 unspecified atom stereocenters. The molecule has 1 heteroatoms. The van der Waals surface area contributed by atoms with Gasteiger partial charge in [-0.2, -0.15) is 0 Å². The fourth-order valence-corrected chi connectivity index (χ4v) is 6.72. The molecule has 3 aliphatic rings. The van der Waals surface area contributed by atoms with E-state index in [4.69, 9.17) is 0 Å². The Labute approximate surface area is 190 Å². The van der Waals surface area contributed by atoms with Crippen molar-refractivity contribution in [2.75, 3.05) is 13.1 Å². The predicted molar refractivity (Wildman–Crippen MR) is 132 cm³/mol. The maximum atomic E-state index is 3.80. The summed E-state index contributed by atoms with van der Waals surface area (Å²) < 4.78 is 0. The fourth-order valence-electron chi connectivity index (χ4n) is 6.72. The Kier molecular flexibility index (Phi) is 3.98. The largest absolute Gasteiger partial charge is 0.316 e. The van der Waals surface area contributed by atoms with Crippen LogP contribution in [0.2, 0.25) is 0 Å².